The highest BCUT2D eigenvalue weighted by Crippen LogP contribution is 2.59. The second kappa shape index (κ2) is 12.7. The molecule has 1 heterocycles. The van der Waals surface area contributed by atoms with Crippen LogP contribution >= 0.6 is 0 Å². The van der Waals surface area contributed by atoms with Crippen LogP contribution in [0.25, 0.3) is 44.2 Å². The summed E-state index contributed by atoms with van der Waals surface area (Å²) in [5.74, 6) is 0. The number of aryl methyl sites for hydroxylation is 1. The Kier molecular flexibility index (Phi) is 7.38. The highest BCUT2D eigenvalue weighted by atomic mass is 16.3. The molecule has 2 aliphatic carbocycles. The van der Waals surface area contributed by atoms with E-state index >= 15 is 0 Å². The fraction of sp³-hybridized carbons (Fsp3) is 0.0943. The lowest BCUT2D eigenvalue weighted by Gasteiger charge is -2.35. The number of para-hydroxylation sites is 2. The van der Waals surface area contributed by atoms with Crippen LogP contribution in [0.3, 0.4) is 0 Å². The van der Waals surface area contributed by atoms with Crippen molar-refractivity contribution in [3.63, 3.8) is 0 Å². The van der Waals surface area contributed by atoms with Crippen LogP contribution in [-0.4, -0.2) is 0 Å². The van der Waals surface area contributed by atoms with Crippen LogP contribution in [0, 0.1) is 0 Å². The third-order valence-corrected chi connectivity index (χ3v) is 12.1. The Morgan fingerprint density at radius 2 is 1.07 bits per heavy atom. The maximum atomic E-state index is 6.36. The molecular weight excluding hydrogens is 667 g/mol. The largest absolute Gasteiger partial charge is 0.456 e. The number of hydrogen-bond donors (Lipinski definition) is 0. The predicted molar refractivity (Wildman–Crippen MR) is 228 cm³/mol. The lowest BCUT2D eigenvalue weighted by molar-refractivity contribution is 0.669. The summed E-state index contributed by atoms with van der Waals surface area (Å²) in [7, 11) is 0. The zero-order valence-corrected chi connectivity index (χ0v) is 30.6. The summed E-state index contributed by atoms with van der Waals surface area (Å²) in [4.78, 5) is 2.49. The van der Waals surface area contributed by atoms with E-state index in [0.29, 0.717) is 0 Å². The Balaban J connectivity index is 1.28. The van der Waals surface area contributed by atoms with Crippen molar-refractivity contribution in [1.82, 2.24) is 0 Å². The van der Waals surface area contributed by atoms with Crippen LogP contribution in [0.15, 0.2) is 192 Å². The van der Waals surface area contributed by atoms with Gasteiger partial charge in [-0.15, -0.1) is 0 Å². The Hall–Kier alpha value is -6.64. The summed E-state index contributed by atoms with van der Waals surface area (Å²) < 4.78 is 6.36. The number of hydrogen-bond acceptors (Lipinski definition) is 2. The lowest BCUT2D eigenvalue weighted by atomic mass is 9.67. The molecule has 0 amide bonds. The number of furan rings is 1. The Labute approximate surface area is 322 Å². The number of fused-ring (bicyclic) bond motifs is 7. The molecule has 0 saturated carbocycles. The van der Waals surface area contributed by atoms with E-state index in [-0.39, 0.29) is 0 Å². The fourth-order valence-corrected chi connectivity index (χ4v) is 9.77. The van der Waals surface area contributed by atoms with Crippen molar-refractivity contribution in [1.29, 1.82) is 0 Å². The topological polar surface area (TPSA) is 16.4 Å². The normalized spacial score (nSPS) is 14.0. The second-order valence-corrected chi connectivity index (χ2v) is 15.0. The molecule has 9 aromatic rings. The first-order valence-electron chi connectivity index (χ1n) is 19.6. The average molecular weight is 706 g/mol. The van der Waals surface area contributed by atoms with Crippen LogP contribution in [0.1, 0.15) is 46.2 Å². The van der Waals surface area contributed by atoms with E-state index in [9.17, 15) is 0 Å². The minimum atomic E-state index is -0.523. The highest BCUT2D eigenvalue weighted by Gasteiger charge is 2.47. The van der Waals surface area contributed by atoms with Crippen molar-refractivity contribution in [3.05, 3.63) is 221 Å². The molecule has 2 heteroatoms. The first-order valence-corrected chi connectivity index (χ1v) is 19.6. The van der Waals surface area contributed by atoms with Crippen LogP contribution in [0.4, 0.5) is 17.1 Å². The van der Waals surface area contributed by atoms with Crippen molar-refractivity contribution in [2.24, 2.45) is 0 Å². The molecule has 0 saturated heterocycles. The summed E-state index contributed by atoms with van der Waals surface area (Å²) in [6.45, 7) is 0. The Bertz CT molecular complexity index is 2830. The van der Waals surface area contributed by atoms with Crippen molar-refractivity contribution in [3.8, 4) is 22.3 Å². The number of nitrogens with zero attached hydrogens (tertiary/aromatic N) is 1. The SMILES string of the molecule is c1ccc(N(c2ccc3oc4ccccc4c3c2)c2cc3c(cc2-c2cccc4c2CCCC4)-c2ccccc2C3(c2ccccc2)c2ccccc2)cc1. The Morgan fingerprint density at radius 1 is 0.418 bits per heavy atom. The van der Waals surface area contributed by atoms with Gasteiger partial charge in [-0.25, -0.2) is 0 Å². The van der Waals surface area contributed by atoms with Gasteiger partial charge in [0.1, 0.15) is 11.2 Å². The van der Waals surface area contributed by atoms with Crippen molar-refractivity contribution in [2.75, 3.05) is 4.90 Å². The highest BCUT2D eigenvalue weighted by molar-refractivity contribution is 6.07. The van der Waals surface area contributed by atoms with E-state index in [1.54, 1.807) is 0 Å². The molecule has 2 aliphatic rings. The van der Waals surface area contributed by atoms with Gasteiger partial charge in [0, 0.05) is 27.7 Å². The molecule has 0 fully saturated rings. The maximum absolute atomic E-state index is 6.36. The van der Waals surface area contributed by atoms with Gasteiger partial charge in [-0.05, 0) is 124 Å². The molecule has 0 bridgehead atoms. The van der Waals surface area contributed by atoms with Crippen molar-refractivity contribution < 1.29 is 4.42 Å². The zero-order valence-electron chi connectivity index (χ0n) is 30.6. The van der Waals surface area contributed by atoms with Crippen molar-refractivity contribution >= 4 is 39.0 Å². The molecule has 55 heavy (non-hydrogen) atoms. The summed E-state index contributed by atoms with van der Waals surface area (Å²) in [5, 5.41) is 2.24. The number of rotatable bonds is 6. The minimum Gasteiger partial charge on any atom is -0.456 e. The molecule has 0 radical (unpaired) electrons. The van der Waals surface area contributed by atoms with Crippen LogP contribution in [-0.2, 0) is 18.3 Å². The molecule has 262 valence electrons. The second-order valence-electron chi connectivity index (χ2n) is 15.0. The summed E-state index contributed by atoms with van der Waals surface area (Å²) in [5.41, 5.74) is 17.9. The lowest BCUT2D eigenvalue weighted by Crippen LogP contribution is -2.28. The van der Waals surface area contributed by atoms with E-state index in [1.807, 2.05) is 6.07 Å². The number of anilines is 3. The third-order valence-electron chi connectivity index (χ3n) is 12.1. The molecule has 0 unspecified atom stereocenters. The molecule has 1 aromatic heterocycles. The van der Waals surface area contributed by atoms with Gasteiger partial charge >= 0.3 is 0 Å². The summed E-state index contributed by atoms with van der Waals surface area (Å²) in [6, 6.07) is 69.4. The summed E-state index contributed by atoms with van der Waals surface area (Å²) >= 11 is 0. The van der Waals surface area contributed by atoms with E-state index in [2.05, 4.69) is 187 Å². The van der Waals surface area contributed by atoms with Gasteiger partial charge in [0.25, 0.3) is 0 Å². The van der Waals surface area contributed by atoms with E-state index < -0.39 is 5.41 Å². The van der Waals surface area contributed by atoms with Gasteiger partial charge in [-0.3, -0.25) is 0 Å². The zero-order chi connectivity index (χ0) is 36.3. The molecule has 0 N–H and O–H groups in total. The van der Waals surface area contributed by atoms with E-state index in [0.717, 1.165) is 46.2 Å². The van der Waals surface area contributed by atoms with Crippen LogP contribution < -0.4 is 4.90 Å². The molecule has 0 spiro atoms. The molecular formula is C53H39NO. The first-order chi connectivity index (χ1) is 27.3. The van der Waals surface area contributed by atoms with Gasteiger partial charge in [-0.2, -0.15) is 0 Å². The Morgan fingerprint density at radius 3 is 1.87 bits per heavy atom. The van der Waals surface area contributed by atoms with Gasteiger partial charge in [-0.1, -0.05) is 140 Å². The summed E-state index contributed by atoms with van der Waals surface area (Å²) in [6.07, 6.45) is 4.68. The smallest absolute Gasteiger partial charge is 0.135 e. The quantitative estimate of drug-likeness (QED) is 0.171. The fourth-order valence-electron chi connectivity index (χ4n) is 9.77. The number of benzene rings is 8. The van der Waals surface area contributed by atoms with Crippen LogP contribution in [0.5, 0.6) is 0 Å². The first kappa shape index (κ1) is 31.8. The third kappa shape index (κ3) is 4.88. The molecule has 8 aromatic carbocycles. The van der Waals surface area contributed by atoms with E-state index in [1.165, 1.54) is 74.2 Å². The molecule has 0 aliphatic heterocycles. The molecule has 2 nitrogen and oxygen atoms in total. The van der Waals surface area contributed by atoms with Crippen LogP contribution in [0.2, 0.25) is 0 Å². The monoisotopic (exact) mass is 705 g/mol. The van der Waals surface area contributed by atoms with Gasteiger partial charge in [0.2, 0.25) is 0 Å². The molecule has 11 rings (SSSR count). The van der Waals surface area contributed by atoms with Gasteiger partial charge < -0.3 is 9.32 Å². The standard InChI is InChI=1S/C53H39NO/c1-4-19-37(20-5-1)53(38-21-6-2-7-22-38)48-29-14-12-26-43(48)45-34-46(42-28-16-18-36-17-10-11-25-41(36)42)50(35-49(45)53)54(39-23-8-3-9-24-39)40-31-32-52-47(33-40)44-27-13-15-30-51(44)55-52/h1-9,12-16,18-24,26-35H,10-11,17,25H2. The minimum absolute atomic E-state index is 0.523. The molecule has 0 atom stereocenters. The van der Waals surface area contributed by atoms with Gasteiger partial charge in [0.15, 0.2) is 0 Å². The maximum Gasteiger partial charge on any atom is 0.135 e. The van der Waals surface area contributed by atoms with Gasteiger partial charge in [0.05, 0.1) is 11.1 Å². The van der Waals surface area contributed by atoms with Crippen molar-refractivity contribution in [2.45, 2.75) is 31.1 Å². The average Bonchev–Trinajstić information content (AvgIpc) is 3.77. The predicted octanol–water partition coefficient (Wildman–Crippen LogP) is 14.0. The van der Waals surface area contributed by atoms with E-state index in [4.69, 9.17) is 4.42 Å².